The van der Waals surface area contributed by atoms with Gasteiger partial charge in [-0.3, -0.25) is 0 Å². The molecular formula is C16H13Cl2N. The van der Waals surface area contributed by atoms with E-state index in [1.165, 1.54) is 0 Å². The molecule has 0 fully saturated rings. The van der Waals surface area contributed by atoms with E-state index in [1.807, 2.05) is 37.3 Å². The highest BCUT2D eigenvalue weighted by atomic mass is 35.5. The Morgan fingerprint density at radius 2 is 1.53 bits per heavy atom. The van der Waals surface area contributed by atoms with Crippen LogP contribution in [0.3, 0.4) is 0 Å². The Balaban J connectivity index is 2.44. The number of hydrogen-bond acceptors (Lipinski definition) is 1. The highest BCUT2D eigenvalue weighted by Crippen LogP contribution is 2.39. The van der Waals surface area contributed by atoms with Crippen molar-refractivity contribution >= 4 is 23.2 Å². The number of hydrogen-bond donors (Lipinski definition) is 0. The second-order valence-corrected chi connectivity index (χ2v) is 5.26. The third-order valence-corrected chi connectivity index (χ3v) is 3.93. The summed E-state index contributed by atoms with van der Waals surface area (Å²) in [5, 5.41) is 10.6. The van der Waals surface area contributed by atoms with Gasteiger partial charge in [-0.05, 0) is 17.7 Å². The first-order valence-corrected chi connectivity index (χ1v) is 6.79. The minimum absolute atomic E-state index is 0.0311. The first-order chi connectivity index (χ1) is 9.15. The van der Waals surface area contributed by atoms with Crippen LogP contribution in [0, 0.1) is 11.3 Å². The summed E-state index contributed by atoms with van der Waals surface area (Å²) in [6, 6.07) is 17.6. The van der Waals surface area contributed by atoms with Crippen molar-refractivity contribution in [3.8, 4) is 6.07 Å². The quantitative estimate of drug-likeness (QED) is 0.742. The van der Waals surface area contributed by atoms with Crippen LogP contribution >= 0.6 is 23.2 Å². The van der Waals surface area contributed by atoms with E-state index in [0.717, 1.165) is 5.56 Å². The fourth-order valence-electron chi connectivity index (χ4n) is 2.18. The van der Waals surface area contributed by atoms with Crippen molar-refractivity contribution < 1.29 is 0 Å². The Kier molecular flexibility index (Phi) is 4.47. The Hall–Kier alpha value is -1.49. The van der Waals surface area contributed by atoms with Crippen LogP contribution in [0.5, 0.6) is 0 Å². The highest BCUT2D eigenvalue weighted by Gasteiger charge is 2.24. The molecule has 0 saturated heterocycles. The van der Waals surface area contributed by atoms with E-state index in [1.54, 1.807) is 18.2 Å². The summed E-state index contributed by atoms with van der Waals surface area (Å²) in [6.07, 6.45) is 0. The van der Waals surface area contributed by atoms with Gasteiger partial charge >= 0.3 is 0 Å². The van der Waals surface area contributed by atoms with Gasteiger partial charge in [0.25, 0.3) is 0 Å². The summed E-state index contributed by atoms with van der Waals surface area (Å²) >= 11 is 12.4. The van der Waals surface area contributed by atoms with Gasteiger partial charge < -0.3 is 0 Å². The Labute approximate surface area is 123 Å². The van der Waals surface area contributed by atoms with Crippen molar-refractivity contribution in [1.82, 2.24) is 0 Å². The maximum atomic E-state index is 9.49. The molecule has 2 aromatic rings. The Morgan fingerprint density at radius 1 is 0.947 bits per heavy atom. The molecule has 19 heavy (non-hydrogen) atoms. The molecule has 0 aromatic heterocycles. The van der Waals surface area contributed by atoms with Crippen molar-refractivity contribution in [3.63, 3.8) is 0 Å². The second kappa shape index (κ2) is 6.10. The van der Waals surface area contributed by atoms with Gasteiger partial charge in [0.1, 0.15) is 0 Å². The molecule has 0 spiro atoms. The second-order valence-electron chi connectivity index (χ2n) is 4.44. The third-order valence-electron chi connectivity index (χ3n) is 3.28. The van der Waals surface area contributed by atoms with Crippen molar-refractivity contribution in [1.29, 1.82) is 5.26 Å². The Bertz CT molecular complexity index is 582. The van der Waals surface area contributed by atoms with Crippen LogP contribution < -0.4 is 0 Å². The summed E-state index contributed by atoms with van der Waals surface area (Å²) in [5.41, 5.74) is 1.81. The molecule has 0 aliphatic heterocycles. The molecule has 96 valence electrons. The van der Waals surface area contributed by atoms with E-state index in [9.17, 15) is 5.26 Å². The van der Waals surface area contributed by atoms with Crippen LogP contribution in [0.25, 0.3) is 0 Å². The molecular weight excluding hydrogens is 277 g/mol. The van der Waals surface area contributed by atoms with Gasteiger partial charge in [0.2, 0.25) is 0 Å². The van der Waals surface area contributed by atoms with Gasteiger partial charge in [-0.2, -0.15) is 5.26 Å². The van der Waals surface area contributed by atoms with Crippen molar-refractivity contribution in [2.45, 2.75) is 18.8 Å². The van der Waals surface area contributed by atoms with Gasteiger partial charge in [0.15, 0.2) is 0 Å². The third kappa shape index (κ3) is 2.92. The summed E-state index contributed by atoms with van der Waals surface area (Å²) in [7, 11) is 0. The first-order valence-electron chi connectivity index (χ1n) is 6.03. The molecule has 0 aliphatic carbocycles. The lowest BCUT2D eigenvalue weighted by Gasteiger charge is -2.20. The molecule has 0 bridgehead atoms. The first kappa shape index (κ1) is 13.9. The van der Waals surface area contributed by atoms with Gasteiger partial charge in [0.05, 0.1) is 12.0 Å². The molecule has 2 aromatic carbocycles. The Morgan fingerprint density at radius 3 is 2.05 bits per heavy atom. The average Bonchev–Trinajstić information content (AvgIpc) is 2.43. The zero-order chi connectivity index (χ0) is 13.8. The smallest absolute Gasteiger partial charge is 0.0807 e. The molecule has 3 heteroatoms. The van der Waals surface area contributed by atoms with Crippen LogP contribution in [0.2, 0.25) is 10.0 Å². The maximum Gasteiger partial charge on any atom is 0.0807 e. The van der Waals surface area contributed by atoms with E-state index in [4.69, 9.17) is 23.2 Å². The largest absolute Gasteiger partial charge is 0.198 e. The minimum Gasteiger partial charge on any atom is -0.198 e. The molecule has 2 unspecified atom stereocenters. The van der Waals surface area contributed by atoms with E-state index in [-0.39, 0.29) is 11.8 Å². The molecule has 0 radical (unpaired) electrons. The molecule has 0 amide bonds. The molecule has 0 N–H and O–H groups in total. The van der Waals surface area contributed by atoms with Crippen LogP contribution in [-0.2, 0) is 0 Å². The topological polar surface area (TPSA) is 23.8 Å². The summed E-state index contributed by atoms with van der Waals surface area (Å²) in [4.78, 5) is 0. The van der Waals surface area contributed by atoms with E-state index >= 15 is 0 Å². The van der Waals surface area contributed by atoms with Gasteiger partial charge in [-0.1, -0.05) is 66.5 Å². The monoisotopic (exact) mass is 289 g/mol. The van der Waals surface area contributed by atoms with E-state index in [0.29, 0.717) is 15.6 Å². The molecule has 2 rings (SSSR count). The highest BCUT2D eigenvalue weighted by molar-refractivity contribution is 6.36. The van der Waals surface area contributed by atoms with Gasteiger partial charge in [0, 0.05) is 21.5 Å². The zero-order valence-electron chi connectivity index (χ0n) is 10.5. The lowest BCUT2D eigenvalue weighted by Crippen LogP contribution is -2.07. The van der Waals surface area contributed by atoms with Crippen molar-refractivity contribution in [2.75, 3.05) is 0 Å². The normalized spacial score (nSPS) is 13.6. The van der Waals surface area contributed by atoms with E-state index in [2.05, 4.69) is 6.07 Å². The molecule has 0 heterocycles. The number of nitriles is 1. The van der Waals surface area contributed by atoms with E-state index < -0.39 is 0 Å². The standard InChI is InChI=1S/C16H13Cl2N/c1-11(12-6-3-2-4-7-12)13(10-19)16-14(17)8-5-9-15(16)18/h2-9,11,13H,1H3. The predicted octanol–water partition coefficient (Wildman–Crippen LogP) is 5.40. The molecule has 0 saturated carbocycles. The molecule has 2 atom stereocenters. The lowest BCUT2D eigenvalue weighted by molar-refractivity contribution is 0.687. The summed E-state index contributed by atoms with van der Waals surface area (Å²) in [5.74, 6) is -0.327. The number of nitrogens with zero attached hydrogens (tertiary/aromatic N) is 1. The van der Waals surface area contributed by atoms with Crippen LogP contribution in [0.15, 0.2) is 48.5 Å². The van der Waals surface area contributed by atoms with Crippen molar-refractivity contribution in [2.24, 2.45) is 0 Å². The summed E-state index contributed by atoms with van der Waals surface area (Å²) in [6.45, 7) is 2.02. The average molecular weight is 290 g/mol. The SMILES string of the molecule is CC(c1ccccc1)C(C#N)c1c(Cl)cccc1Cl. The van der Waals surface area contributed by atoms with Crippen LogP contribution in [-0.4, -0.2) is 0 Å². The number of halogens is 2. The van der Waals surface area contributed by atoms with Gasteiger partial charge in [-0.25, -0.2) is 0 Å². The number of rotatable bonds is 3. The van der Waals surface area contributed by atoms with Crippen LogP contribution in [0.1, 0.15) is 29.9 Å². The predicted molar refractivity (Wildman–Crippen MR) is 79.7 cm³/mol. The van der Waals surface area contributed by atoms with Crippen molar-refractivity contribution in [3.05, 3.63) is 69.7 Å². The molecule has 1 nitrogen and oxygen atoms in total. The van der Waals surface area contributed by atoms with Gasteiger partial charge in [-0.15, -0.1) is 0 Å². The fourth-order valence-corrected chi connectivity index (χ4v) is 2.82. The minimum atomic E-state index is -0.358. The lowest BCUT2D eigenvalue weighted by atomic mass is 9.83. The molecule has 0 aliphatic rings. The number of benzene rings is 2. The fraction of sp³-hybridized carbons (Fsp3) is 0.188. The zero-order valence-corrected chi connectivity index (χ0v) is 12.0. The summed E-state index contributed by atoms with van der Waals surface area (Å²) < 4.78 is 0. The van der Waals surface area contributed by atoms with Crippen LogP contribution in [0.4, 0.5) is 0 Å². The maximum absolute atomic E-state index is 9.49.